The zero-order valence-corrected chi connectivity index (χ0v) is 19.6. The van der Waals surface area contributed by atoms with Crippen molar-refractivity contribution in [3.8, 4) is 0 Å². The smallest absolute Gasteiger partial charge is 0.245 e. The summed E-state index contributed by atoms with van der Waals surface area (Å²) in [6.45, 7) is 1.43. The molecule has 34 heavy (non-hydrogen) atoms. The summed E-state index contributed by atoms with van der Waals surface area (Å²) in [4.78, 5) is 44.9. The summed E-state index contributed by atoms with van der Waals surface area (Å²) in [5, 5.41) is 5.77. The van der Waals surface area contributed by atoms with E-state index in [-0.39, 0.29) is 36.1 Å². The van der Waals surface area contributed by atoms with Gasteiger partial charge in [0.1, 0.15) is 12.2 Å². The van der Waals surface area contributed by atoms with E-state index in [0.717, 1.165) is 29.8 Å². The topological polar surface area (TPSA) is 85.2 Å². The standard InChI is InChI=1S/C26H25ClN4O3/c1-14(32)25-18-6-4-8-28-26(18)30(29-25)13-24(34)31-21-10-16(21)11-22(31)23(33)12-15-9-19(15)17-5-2-3-7-20(17)27/h2-8,15-16,19,21-22H,9-13H2,1H3/t15-,16+,19+,21+,22-/m0/s1. The van der Waals surface area contributed by atoms with Gasteiger partial charge in [-0.05, 0) is 60.8 Å². The third-order valence-corrected chi connectivity index (χ3v) is 7.92. The summed E-state index contributed by atoms with van der Waals surface area (Å²) in [5.74, 6) is 0.873. The predicted octanol–water partition coefficient (Wildman–Crippen LogP) is 4.04. The number of carbonyl (C=O) groups excluding carboxylic acids is 3. The lowest BCUT2D eigenvalue weighted by molar-refractivity contribution is -0.139. The molecule has 3 heterocycles. The van der Waals surface area contributed by atoms with Gasteiger partial charge in [0, 0.05) is 30.6 Å². The van der Waals surface area contributed by atoms with Crippen LogP contribution in [0.25, 0.3) is 11.0 Å². The molecule has 7 nitrogen and oxygen atoms in total. The van der Waals surface area contributed by atoms with Crippen LogP contribution in [0.15, 0.2) is 42.6 Å². The number of likely N-dealkylation sites (tertiary alicyclic amines) is 1. The van der Waals surface area contributed by atoms with Crippen molar-refractivity contribution in [2.45, 2.75) is 57.2 Å². The molecule has 8 heteroatoms. The molecule has 3 aliphatic rings. The number of amides is 1. The normalized spacial score (nSPS) is 27.0. The number of piperidine rings is 1. The minimum Gasteiger partial charge on any atom is -0.328 e. The van der Waals surface area contributed by atoms with Crippen LogP contribution in [-0.2, 0) is 16.1 Å². The first-order valence-electron chi connectivity index (χ1n) is 11.8. The number of hydrogen-bond donors (Lipinski definition) is 0. The summed E-state index contributed by atoms with van der Waals surface area (Å²) in [7, 11) is 0. The van der Waals surface area contributed by atoms with E-state index in [2.05, 4.69) is 10.1 Å². The Morgan fingerprint density at radius 3 is 2.71 bits per heavy atom. The number of ketones is 2. The lowest BCUT2D eigenvalue weighted by atomic mass is 10.00. The van der Waals surface area contributed by atoms with Gasteiger partial charge in [-0.1, -0.05) is 29.8 Å². The summed E-state index contributed by atoms with van der Waals surface area (Å²) < 4.78 is 1.50. The molecular weight excluding hydrogens is 452 g/mol. The van der Waals surface area contributed by atoms with Gasteiger partial charge >= 0.3 is 0 Å². The van der Waals surface area contributed by atoms with Crippen molar-refractivity contribution in [3.63, 3.8) is 0 Å². The predicted molar refractivity (Wildman–Crippen MR) is 127 cm³/mol. The molecule has 2 aromatic heterocycles. The second kappa shape index (κ2) is 8.01. The van der Waals surface area contributed by atoms with E-state index in [9.17, 15) is 14.4 Å². The number of halogens is 1. The molecule has 0 spiro atoms. The minimum absolute atomic E-state index is 0.0283. The van der Waals surface area contributed by atoms with Crippen molar-refractivity contribution in [3.05, 3.63) is 58.9 Å². The van der Waals surface area contributed by atoms with Crippen LogP contribution in [0.5, 0.6) is 0 Å². The van der Waals surface area contributed by atoms with E-state index in [4.69, 9.17) is 11.6 Å². The maximum Gasteiger partial charge on any atom is 0.245 e. The number of hydrogen-bond acceptors (Lipinski definition) is 5. The molecule has 174 valence electrons. The second-order valence-corrected chi connectivity index (χ2v) is 10.3. The van der Waals surface area contributed by atoms with Crippen molar-refractivity contribution >= 4 is 40.1 Å². The molecule has 1 amide bonds. The van der Waals surface area contributed by atoms with Crippen LogP contribution < -0.4 is 0 Å². The van der Waals surface area contributed by atoms with Gasteiger partial charge in [0.15, 0.2) is 17.2 Å². The number of carbonyl (C=O) groups is 3. The highest BCUT2D eigenvalue weighted by Crippen LogP contribution is 2.53. The van der Waals surface area contributed by atoms with Crippen LogP contribution in [0.2, 0.25) is 5.02 Å². The van der Waals surface area contributed by atoms with Crippen LogP contribution in [0.3, 0.4) is 0 Å². The number of nitrogens with zero attached hydrogens (tertiary/aromatic N) is 4. The number of pyridine rings is 1. The summed E-state index contributed by atoms with van der Waals surface area (Å²) in [5.41, 5.74) is 1.94. The maximum absolute atomic E-state index is 13.4. The van der Waals surface area contributed by atoms with Gasteiger partial charge in [-0.3, -0.25) is 14.4 Å². The van der Waals surface area contributed by atoms with Gasteiger partial charge in [-0.25, -0.2) is 9.67 Å². The van der Waals surface area contributed by atoms with Crippen molar-refractivity contribution in [2.75, 3.05) is 0 Å². The van der Waals surface area contributed by atoms with Crippen molar-refractivity contribution in [1.82, 2.24) is 19.7 Å². The molecule has 0 unspecified atom stereocenters. The third kappa shape index (κ3) is 3.63. The Bertz CT molecular complexity index is 1330. The zero-order valence-electron chi connectivity index (χ0n) is 18.9. The van der Waals surface area contributed by atoms with Crippen molar-refractivity contribution in [2.24, 2.45) is 11.8 Å². The highest BCUT2D eigenvalue weighted by atomic mass is 35.5. The Kier molecular flexibility index (Phi) is 5.06. The summed E-state index contributed by atoms with van der Waals surface area (Å²) in [6, 6.07) is 11.1. The first-order valence-corrected chi connectivity index (χ1v) is 12.2. The van der Waals surface area contributed by atoms with Crippen LogP contribution in [-0.4, -0.2) is 49.2 Å². The molecule has 0 bridgehead atoms. The SMILES string of the molecule is CC(=O)c1nn(CC(=O)N2[C@@H]3C[C@@H]3C[C@H]2C(=O)C[C@@H]2C[C@H]2c2ccccc2Cl)c2ncccc12. The highest BCUT2D eigenvalue weighted by molar-refractivity contribution is 6.31. The van der Waals surface area contributed by atoms with E-state index in [0.29, 0.717) is 40.9 Å². The molecule has 6 rings (SSSR count). The van der Waals surface area contributed by atoms with Crippen LogP contribution >= 0.6 is 11.6 Å². The number of rotatable bonds is 7. The molecule has 0 radical (unpaired) electrons. The first kappa shape index (κ1) is 21.5. The number of aromatic nitrogens is 3. The van der Waals surface area contributed by atoms with E-state index >= 15 is 0 Å². The Hall–Kier alpha value is -3.06. The fourth-order valence-electron chi connectivity index (χ4n) is 5.72. The van der Waals surface area contributed by atoms with Gasteiger partial charge in [0.25, 0.3) is 0 Å². The fourth-order valence-corrected chi connectivity index (χ4v) is 5.99. The fraction of sp³-hybridized carbons (Fsp3) is 0.423. The van der Waals surface area contributed by atoms with Gasteiger partial charge in [0.2, 0.25) is 5.91 Å². The molecule has 2 aliphatic carbocycles. The molecule has 3 fully saturated rings. The van der Waals surface area contributed by atoms with Crippen LogP contribution in [0.4, 0.5) is 0 Å². The first-order chi connectivity index (χ1) is 16.4. The number of fused-ring (bicyclic) bond motifs is 2. The lowest BCUT2D eigenvalue weighted by Gasteiger charge is -2.27. The van der Waals surface area contributed by atoms with Gasteiger partial charge in [-0.2, -0.15) is 5.10 Å². The van der Waals surface area contributed by atoms with E-state index in [1.165, 1.54) is 11.6 Å². The largest absolute Gasteiger partial charge is 0.328 e. The highest BCUT2D eigenvalue weighted by Gasteiger charge is 2.56. The molecule has 1 aliphatic heterocycles. The monoisotopic (exact) mass is 476 g/mol. The zero-order chi connectivity index (χ0) is 23.6. The van der Waals surface area contributed by atoms with Gasteiger partial charge in [-0.15, -0.1) is 0 Å². The molecule has 0 N–H and O–H groups in total. The summed E-state index contributed by atoms with van der Waals surface area (Å²) in [6.07, 6.45) is 4.76. The molecule has 5 atom stereocenters. The molecule has 2 saturated carbocycles. The van der Waals surface area contributed by atoms with E-state index < -0.39 is 0 Å². The molecular formula is C26H25ClN4O3. The Morgan fingerprint density at radius 1 is 1.09 bits per heavy atom. The Balaban J connectivity index is 1.17. The molecule has 1 aromatic carbocycles. The second-order valence-electron chi connectivity index (χ2n) is 9.85. The van der Waals surface area contributed by atoms with Crippen LogP contribution in [0, 0.1) is 11.8 Å². The molecule has 1 saturated heterocycles. The quantitative estimate of drug-likeness (QED) is 0.480. The van der Waals surface area contributed by atoms with Crippen LogP contribution in [0.1, 0.15) is 54.6 Å². The average molecular weight is 477 g/mol. The van der Waals surface area contributed by atoms with Crippen molar-refractivity contribution in [1.29, 1.82) is 0 Å². The van der Waals surface area contributed by atoms with Gasteiger partial charge < -0.3 is 4.90 Å². The van der Waals surface area contributed by atoms with Gasteiger partial charge in [0.05, 0.1) is 11.4 Å². The van der Waals surface area contributed by atoms with Crippen molar-refractivity contribution < 1.29 is 14.4 Å². The minimum atomic E-state index is -0.370. The van der Waals surface area contributed by atoms with E-state index in [1.807, 2.05) is 24.3 Å². The van der Waals surface area contributed by atoms with E-state index in [1.54, 1.807) is 23.2 Å². The Labute approximate surface area is 202 Å². The average Bonchev–Trinajstić information content (AvgIpc) is 3.69. The number of benzene rings is 1. The maximum atomic E-state index is 13.4. The lowest BCUT2D eigenvalue weighted by Crippen LogP contribution is -2.44. The number of Topliss-reactive ketones (excluding diaryl/α,β-unsaturated/α-hetero) is 2. The third-order valence-electron chi connectivity index (χ3n) is 7.58. The summed E-state index contributed by atoms with van der Waals surface area (Å²) >= 11 is 6.35. The molecule has 3 aromatic rings. The Morgan fingerprint density at radius 2 is 1.91 bits per heavy atom.